The van der Waals surface area contributed by atoms with Crippen molar-refractivity contribution < 1.29 is 9.32 Å². The smallest absolute Gasteiger partial charge is 0.219 e. The lowest BCUT2D eigenvalue weighted by molar-refractivity contribution is -0.128. The summed E-state index contributed by atoms with van der Waals surface area (Å²) >= 11 is 0. The molecule has 4 nitrogen and oxygen atoms in total. The lowest BCUT2D eigenvalue weighted by Crippen LogP contribution is -2.59. The van der Waals surface area contributed by atoms with Crippen molar-refractivity contribution in [3.63, 3.8) is 0 Å². The summed E-state index contributed by atoms with van der Waals surface area (Å²) in [6.45, 7) is 10.3. The molecule has 5 heteroatoms. The van der Waals surface area contributed by atoms with Crippen molar-refractivity contribution in [1.82, 2.24) is 4.67 Å². The second-order valence-corrected chi connectivity index (χ2v) is 9.02. The Hall–Kier alpha value is -0.960. The molecule has 3 rings (SSSR count). The number of rotatable bonds is 2. The fourth-order valence-corrected chi connectivity index (χ4v) is 6.18. The molecule has 2 aliphatic rings. The van der Waals surface area contributed by atoms with Gasteiger partial charge in [0.1, 0.15) is 5.78 Å². The Morgan fingerprint density at radius 2 is 1.64 bits per heavy atom. The lowest BCUT2D eigenvalue weighted by Gasteiger charge is -2.54. The second kappa shape index (κ2) is 5.59. The van der Waals surface area contributed by atoms with Crippen LogP contribution in [0.3, 0.4) is 0 Å². The summed E-state index contributed by atoms with van der Waals surface area (Å²) < 4.78 is 11.0. The van der Waals surface area contributed by atoms with E-state index in [0.29, 0.717) is 18.6 Å². The van der Waals surface area contributed by atoms with Gasteiger partial charge in [-0.2, -0.15) is 0 Å². The largest absolute Gasteiger partial charge is 0.325 e. The zero-order valence-corrected chi connectivity index (χ0v) is 14.8. The summed E-state index contributed by atoms with van der Waals surface area (Å²) in [6.07, 6.45) is 1.20. The van der Waals surface area contributed by atoms with Crippen molar-refractivity contribution in [2.75, 3.05) is 17.8 Å². The van der Waals surface area contributed by atoms with E-state index in [1.807, 2.05) is 6.07 Å². The number of Topliss-reactive ketones (excluding diaryl/α,β-unsaturated/α-hetero) is 1. The van der Waals surface area contributed by atoms with Crippen LogP contribution in [0.5, 0.6) is 0 Å². The highest BCUT2D eigenvalue weighted by Gasteiger charge is 2.52. The van der Waals surface area contributed by atoms with Gasteiger partial charge in [0.05, 0.1) is 6.61 Å². The average Bonchev–Trinajstić information content (AvgIpc) is 2.85. The first kappa shape index (κ1) is 15.9. The highest BCUT2D eigenvalue weighted by atomic mass is 31.2. The van der Waals surface area contributed by atoms with E-state index in [1.165, 1.54) is 5.69 Å². The van der Waals surface area contributed by atoms with E-state index in [4.69, 9.17) is 4.52 Å². The van der Waals surface area contributed by atoms with Crippen LogP contribution in [0.1, 0.15) is 40.5 Å². The fourth-order valence-electron chi connectivity index (χ4n) is 3.82. The molecule has 1 unspecified atom stereocenters. The molecule has 0 saturated carbocycles. The van der Waals surface area contributed by atoms with Crippen molar-refractivity contribution in [1.29, 1.82) is 0 Å². The Kier molecular flexibility index (Phi) is 4.05. The summed E-state index contributed by atoms with van der Waals surface area (Å²) in [7, 11) is -0.884. The molecule has 0 amide bonds. The first-order valence-corrected chi connectivity index (χ1v) is 9.05. The number of piperidine rings is 1. The summed E-state index contributed by atoms with van der Waals surface area (Å²) in [5.41, 5.74) is 0.846. The van der Waals surface area contributed by atoms with E-state index in [0.717, 1.165) is 13.2 Å². The maximum Gasteiger partial charge on any atom is 0.219 e. The highest BCUT2D eigenvalue weighted by Crippen LogP contribution is 2.60. The minimum atomic E-state index is -0.884. The van der Waals surface area contributed by atoms with E-state index in [1.54, 1.807) is 0 Å². The maximum atomic E-state index is 12.1. The van der Waals surface area contributed by atoms with Gasteiger partial charge in [0.2, 0.25) is 8.45 Å². The molecule has 1 aromatic rings. The minimum absolute atomic E-state index is 0.179. The first-order valence-electron chi connectivity index (χ1n) is 7.89. The van der Waals surface area contributed by atoms with Crippen molar-refractivity contribution in [3.05, 3.63) is 30.3 Å². The lowest BCUT2D eigenvalue weighted by atomic mass is 9.82. The monoisotopic (exact) mass is 320 g/mol. The first-order chi connectivity index (χ1) is 10.3. The van der Waals surface area contributed by atoms with Crippen molar-refractivity contribution in [3.8, 4) is 0 Å². The maximum absolute atomic E-state index is 12.1. The van der Waals surface area contributed by atoms with Gasteiger partial charge in [-0.15, -0.1) is 0 Å². The molecule has 0 spiro atoms. The van der Waals surface area contributed by atoms with E-state index in [9.17, 15) is 4.79 Å². The molecule has 0 aliphatic carbocycles. The number of hydrogen-bond donors (Lipinski definition) is 0. The van der Waals surface area contributed by atoms with Gasteiger partial charge in [-0.1, -0.05) is 18.2 Å². The molecule has 0 aromatic heterocycles. The molecule has 0 bridgehead atoms. The zero-order chi connectivity index (χ0) is 16.0. The molecule has 2 aliphatic heterocycles. The normalized spacial score (nSPS) is 28.1. The summed E-state index contributed by atoms with van der Waals surface area (Å²) in [4.78, 5) is 12.1. The van der Waals surface area contributed by atoms with Crippen molar-refractivity contribution in [2.45, 2.75) is 51.6 Å². The van der Waals surface area contributed by atoms with Gasteiger partial charge in [0.25, 0.3) is 0 Å². The van der Waals surface area contributed by atoms with Gasteiger partial charge in [-0.05, 0) is 39.8 Å². The molecule has 2 saturated heterocycles. The van der Waals surface area contributed by atoms with Crippen LogP contribution >= 0.6 is 8.45 Å². The standard InChI is InChI=1S/C17H25N2O2P/c1-16(2)12-15(20)13-17(3,4)19(16)22-18(10-11-21-22)14-8-6-5-7-9-14/h5-9H,10-13H2,1-4H3. The SMILES string of the molecule is CC1(C)CC(=O)CC(C)(C)N1P1OCCN1c1ccccc1. The Balaban J connectivity index is 1.95. The molecule has 120 valence electrons. The molecule has 0 N–H and O–H groups in total. The predicted molar refractivity (Wildman–Crippen MR) is 90.9 cm³/mol. The number of ketones is 1. The van der Waals surface area contributed by atoms with E-state index < -0.39 is 8.45 Å². The van der Waals surface area contributed by atoms with Crippen LogP contribution in [0, 0.1) is 0 Å². The van der Waals surface area contributed by atoms with E-state index >= 15 is 0 Å². The minimum Gasteiger partial charge on any atom is -0.325 e. The molecular weight excluding hydrogens is 295 g/mol. The zero-order valence-electron chi connectivity index (χ0n) is 13.9. The molecular formula is C17H25N2O2P. The van der Waals surface area contributed by atoms with Crippen LogP contribution in [0.25, 0.3) is 0 Å². The Morgan fingerprint density at radius 1 is 1.05 bits per heavy atom. The third-order valence-electron chi connectivity index (χ3n) is 4.35. The predicted octanol–water partition coefficient (Wildman–Crippen LogP) is 3.97. The molecule has 2 heterocycles. The Labute approximate surface area is 134 Å². The number of carbonyl (C=O) groups excluding carboxylic acids is 1. The van der Waals surface area contributed by atoms with Crippen LogP contribution in [-0.4, -0.2) is 34.7 Å². The Bertz CT molecular complexity index is 539. The van der Waals surface area contributed by atoms with Gasteiger partial charge < -0.3 is 9.19 Å². The number of nitrogens with zero attached hydrogens (tertiary/aromatic N) is 2. The average molecular weight is 320 g/mol. The van der Waals surface area contributed by atoms with Crippen molar-refractivity contribution >= 4 is 19.9 Å². The highest BCUT2D eigenvalue weighted by molar-refractivity contribution is 7.52. The van der Waals surface area contributed by atoms with Gasteiger partial charge in [-0.3, -0.25) is 4.79 Å². The van der Waals surface area contributed by atoms with E-state index in [-0.39, 0.29) is 11.1 Å². The van der Waals surface area contributed by atoms with Gasteiger partial charge in [0.15, 0.2) is 0 Å². The van der Waals surface area contributed by atoms with Crippen LogP contribution in [0.2, 0.25) is 0 Å². The van der Waals surface area contributed by atoms with Gasteiger partial charge in [-0.25, -0.2) is 4.67 Å². The molecule has 1 atom stereocenters. The summed E-state index contributed by atoms with van der Waals surface area (Å²) in [5.74, 6) is 0.353. The summed E-state index contributed by atoms with van der Waals surface area (Å²) in [5, 5.41) is 0. The summed E-state index contributed by atoms with van der Waals surface area (Å²) in [6, 6.07) is 10.4. The Morgan fingerprint density at radius 3 is 2.23 bits per heavy atom. The van der Waals surface area contributed by atoms with Gasteiger partial charge >= 0.3 is 0 Å². The third-order valence-corrected chi connectivity index (χ3v) is 7.03. The van der Waals surface area contributed by atoms with Crippen LogP contribution < -0.4 is 4.67 Å². The number of carbonyl (C=O) groups is 1. The van der Waals surface area contributed by atoms with Gasteiger partial charge in [0, 0.05) is 36.2 Å². The molecule has 1 aromatic carbocycles. The quantitative estimate of drug-likeness (QED) is 0.772. The number of benzene rings is 1. The fraction of sp³-hybridized carbons (Fsp3) is 0.588. The number of para-hydroxylation sites is 1. The molecule has 22 heavy (non-hydrogen) atoms. The number of anilines is 1. The van der Waals surface area contributed by atoms with Crippen LogP contribution in [0.4, 0.5) is 5.69 Å². The third kappa shape index (κ3) is 2.80. The number of hydrogen-bond acceptors (Lipinski definition) is 4. The second-order valence-electron chi connectivity index (χ2n) is 7.37. The molecule has 0 radical (unpaired) electrons. The van der Waals surface area contributed by atoms with Crippen molar-refractivity contribution in [2.24, 2.45) is 0 Å². The van der Waals surface area contributed by atoms with Crippen LogP contribution in [0.15, 0.2) is 30.3 Å². The molecule has 2 fully saturated rings. The topological polar surface area (TPSA) is 32.8 Å². The van der Waals surface area contributed by atoms with E-state index in [2.05, 4.69) is 61.3 Å². The van der Waals surface area contributed by atoms with Crippen LogP contribution in [-0.2, 0) is 9.32 Å².